The summed E-state index contributed by atoms with van der Waals surface area (Å²) in [7, 11) is 1.23. The Hall–Kier alpha value is -3.19. The number of methoxy groups -OCH3 is 1. The predicted octanol–water partition coefficient (Wildman–Crippen LogP) is 3.33. The van der Waals surface area contributed by atoms with Gasteiger partial charge in [-0.05, 0) is 43.0 Å². The van der Waals surface area contributed by atoms with E-state index < -0.39 is 17.8 Å². The number of anilines is 1. The van der Waals surface area contributed by atoms with E-state index in [0.29, 0.717) is 11.3 Å². The number of hydrogen-bond donors (Lipinski definition) is 0. The number of para-hydroxylation sites is 1. The Balaban J connectivity index is 2.00. The molecule has 0 saturated carbocycles. The number of nitrogens with zero attached hydrogens (tertiary/aromatic N) is 2. The van der Waals surface area contributed by atoms with Crippen molar-refractivity contribution in [3.8, 4) is 0 Å². The molecule has 7 heteroatoms. The van der Waals surface area contributed by atoms with E-state index in [1.807, 2.05) is 25.1 Å². The first-order chi connectivity index (χ1) is 13.0. The topological polar surface area (TPSA) is 76.0 Å². The summed E-state index contributed by atoms with van der Waals surface area (Å²) in [5.41, 5.74) is 2.00. The van der Waals surface area contributed by atoms with Gasteiger partial charge in [0.15, 0.2) is 5.17 Å². The van der Waals surface area contributed by atoms with Crippen LogP contribution < -0.4 is 4.90 Å². The molecule has 1 aliphatic heterocycles. The highest BCUT2D eigenvalue weighted by atomic mass is 32.2. The molecule has 1 aliphatic rings. The molecule has 0 atom stereocenters. The number of aryl methyl sites for hydroxylation is 1. The van der Waals surface area contributed by atoms with Gasteiger partial charge in [-0.1, -0.05) is 35.9 Å². The lowest BCUT2D eigenvalue weighted by atomic mass is 10.1. The van der Waals surface area contributed by atoms with Crippen LogP contribution in [0, 0.1) is 6.92 Å². The van der Waals surface area contributed by atoms with Gasteiger partial charge in [0.25, 0.3) is 11.8 Å². The van der Waals surface area contributed by atoms with E-state index in [-0.39, 0.29) is 10.1 Å². The number of amidine groups is 1. The Bertz CT molecular complexity index is 950. The normalized spacial score (nSPS) is 16.8. The quantitative estimate of drug-likeness (QED) is 0.603. The Labute approximate surface area is 160 Å². The van der Waals surface area contributed by atoms with Crippen molar-refractivity contribution in [2.75, 3.05) is 12.0 Å². The lowest BCUT2D eigenvalue weighted by Gasteiger charge is -2.15. The van der Waals surface area contributed by atoms with Gasteiger partial charge in [-0.2, -0.15) is 4.99 Å². The van der Waals surface area contributed by atoms with Gasteiger partial charge in [0, 0.05) is 11.6 Å². The maximum atomic E-state index is 12.8. The number of carbonyl (C=O) groups is 3. The van der Waals surface area contributed by atoms with E-state index in [1.54, 1.807) is 36.4 Å². The third-order valence-corrected chi connectivity index (χ3v) is 4.74. The fourth-order valence-electron chi connectivity index (χ4n) is 2.37. The third-order valence-electron chi connectivity index (χ3n) is 3.77. The minimum absolute atomic E-state index is 0.140. The molecule has 1 heterocycles. The number of aliphatic imine (C=N–C) groups is 1. The van der Waals surface area contributed by atoms with Crippen molar-refractivity contribution in [2.45, 2.75) is 6.92 Å². The average molecular weight is 380 g/mol. The van der Waals surface area contributed by atoms with Gasteiger partial charge in [-0.25, -0.2) is 4.79 Å². The van der Waals surface area contributed by atoms with Crippen LogP contribution in [0.2, 0.25) is 0 Å². The van der Waals surface area contributed by atoms with E-state index in [0.717, 1.165) is 23.4 Å². The largest absolute Gasteiger partial charge is 0.466 e. The van der Waals surface area contributed by atoms with Gasteiger partial charge < -0.3 is 4.74 Å². The molecule has 0 aliphatic carbocycles. The Morgan fingerprint density at radius 3 is 2.37 bits per heavy atom. The molecule has 0 radical (unpaired) electrons. The Kier molecular flexibility index (Phi) is 5.52. The van der Waals surface area contributed by atoms with Crippen LogP contribution in [-0.2, 0) is 14.3 Å². The highest BCUT2D eigenvalue weighted by Crippen LogP contribution is 2.35. The summed E-state index contributed by atoms with van der Waals surface area (Å²) in [6, 6.07) is 15.8. The molecular weight excluding hydrogens is 364 g/mol. The van der Waals surface area contributed by atoms with E-state index in [2.05, 4.69) is 9.73 Å². The van der Waals surface area contributed by atoms with Crippen molar-refractivity contribution >= 4 is 40.4 Å². The van der Waals surface area contributed by atoms with Crippen LogP contribution in [-0.4, -0.2) is 30.1 Å². The van der Waals surface area contributed by atoms with Crippen LogP contribution in [0.25, 0.3) is 0 Å². The minimum atomic E-state index is -0.648. The molecule has 2 aromatic carbocycles. The zero-order chi connectivity index (χ0) is 19.4. The number of carbonyl (C=O) groups excluding carboxylic acids is 3. The monoisotopic (exact) mass is 380 g/mol. The molecular formula is C20H16N2O4S. The minimum Gasteiger partial charge on any atom is -0.466 e. The van der Waals surface area contributed by atoms with Gasteiger partial charge in [0.05, 0.1) is 17.7 Å². The van der Waals surface area contributed by atoms with Gasteiger partial charge in [-0.3, -0.25) is 14.5 Å². The second-order valence-corrected chi connectivity index (χ2v) is 6.68. The van der Waals surface area contributed by atoms with Crippen molar-refractivity contribution in [1.29, 1.82) is 0 Å². The van der Waals surface area contributed by atoms with E-state index >= 15 is 0 Å². The smallest absolute Gasteiger partial charge is 0.331 e. The predicted molar refractivity (Wildman–Crippen MR) is 105 cm³/mol. The lowest BCUT2D eigenvalue weighted by molar-refractivity contribution is -0.135. The molecule has 27 heavy (non-hydrogen) atoms. The highest BCUT2D eigenvalue weighted by Gasteiger charge is 2.35. The summed E-state index contributed by atoms with van der Waals surface area (Å²) < 4.78 is 4.59. The zero-order valence-corrected chi connectivity index (χ0v) is 15.5. The molecule has 0 unspecified atom stereocenters. The molecule has 136 valence electrons. The van der Waals surface area contributed by atoms with Crippen molar-refractivity contribution < 1.29 is 19.1 Å². The van der Waals surface area contributed by atoms with E-state index in [1.165, 1.54) is 12.0 Å². The maximum Gasteiger partial charge on any atom is 0.331 e. The first kappa shape index (κ1) is 18.6. The van der Waals surface area contributed by atoms with E-state index in [9.17, 15) is 14.4 Å². The molecule has 0 spiro atoms. The molecule has 2 amide bonds. The summed E-state index contributed by atoms with van der Waals surface area (Å²) in [5.74, 6) is -1.55. The average Bonchev–Trinajstić information content (AvgIpc) is 2.97. The molecule has 3 rings (SSSR count). The van der Waals surface area contributed by atoms with Crippen LogP contribution in [0.15, 0.2) is 70.6 Å². The van der Waals surface area contributed by atoms with Crippen LogP contribution in [0.3, 0.4) is 0 Å². The first-order valence-corrected chi connectivity index (χ1v) is 8.88. The Morgan fingerprint density at radius 1 is 1.07 bits per heavy atom. The molecule has 1 fully saturated rings. The summed E-state index contributed by atoms with van der Waals surface area (Å²) in [5, 5.41) is 0.187. The first-order valence-electron chi connectivity index (χ1n) is 8.06. The second-order valence-electron chi connectivity index (χ2n) is 5.68. The van der Waals surface area contributed by atoms with Gasteiger partial charge in [0.2, 0.25) is 0 Å². The number of ether oxygens (including phenoxy) is 1. The second kappa shape index (κ2) is 8.01. The molecule has 0 bridgehead atoms. The van der Waals surface area contributed by atoms with Gasteiger partial charge in [0.1, 0.15) is 0 Å². The number of hydrogen-bond acceptors (Lipinski definition) is 5. The lowest BCUT2D eigenvalue weighted by Crippen LogP contribution is -2.29. The summed E-state index contributed by atoms with van der Waals surface area (Å²) in [4.78, 5) is 42.4. The van der Waals surface area contributed by atoms with Crippen molar-refractivity contribution in [3.05, 3.63) is 76.7 Å². The fourth-order valence-corrected chi connectivity index (χ4v) is 3.31. The van der Waals surface area contributed by atoms with Crippen molar-refractivity contribution in [1.82, 2.24) is 0 Å². The number of benzene rings is 2. The van der Waals surface area contributed by atoms with Gasteiger partial charge in [-0.15, -0.1) is 0 Å². The van der Waals surface area contributed by atoms with E-state index in [4.69, 9.17) is 0 Å². The maximum absolute atomic E-state index is 12.8. The summed E-state index contributed by atoms with van der Waals surface area (Å²) in [6.07, 6.45) is 1.10. The number of thioether (sulfide) groups is 1. The van der Waals surface area contributed by atoms with Crippen LogP contribution in [0.5, 0.6) is 0 Å². The SMILES string of the molecule is COC(=O)C=C1SC(=NC(=O)c2ccc(C)cc2)N(c2ccccc2)C1=O. The standard InChI is InChI=1S/C20H16N2O4S/c1-13-8-10-14(11-9-13)18(24)21-20-22(15-6-4-3-5-7-15)19(25)16(27-20)12-17(23)26-2/h3-12H,1-2H3. The van der Waals surface area contributed by atoms with Crippen LogP contribution >= 0.6 is 11.8 Å². The fraction of sp³-hybridized carbons (Fsp3) is 0.100. The van der Waals surface area contributed by atoms with Crippen LogP contribution in [0.4, 0.5) is 5.69 Å². The molecule has 2 aromatic rings. The summed E-state index contributed by atoms with van der Waals surface area (Å²) in [6.45, 7) is 1.92. The zero-order valence-electron chi connectivity index (χ0n) is 14.7. The number of esters is 1. The van der Waals surface area contributed by atoms with Gasteiger partial charge >= 0.3 is 5.97 Å². The molecule has 0 N–H and O–H groups in total. The number of amides is 2. The Morgan fingerprint density at radius 2 is 1.74 bits per heavy atom. The number of rotatable bonds is 3. The molecule has 0 aromatic heterocycles. The van der Waals surface area contributed by atoms with Crippen molar-refractivity contribution in [2.24, 2.45) is 4.99 Å². The third kappa shape index (κ3) is 4.15. The highest BCUT2D eigenvalue weighted by molar-refractivity contribution is 8.19. The summed E-state index contributed by atoms with van der Waals surface area (Å²) >= 11 is 0.957. The van der Waals surface area contributed by atoms with Crippen molar-refractivity contribution in [3.63, 3.8) is 0 Å². The molecule has 1 saturated heterocycles. The van der Waals surface area contributed by atoms with Crippen LogP contribution in [0.1, 0.15) is 15.9 Å². The molecule has 6 nitrogen and oxygen atoms in total.